The van der Waals surface area contributed by atoms with Crippen LogP contribution in [0.2, 0.25) is 0 Å². The van der Waals surface area contributed by atoms with Crippen molar-refractivity contribution in [3.8, 4) is 11.4 Å². The number of nitrogens with one attached hydrogen (secondary N) is 3. The average Bonchev–Trinajstić information content (AvgIpc) is 3.18. The molecule has 0 aliphatic carbocycles. The fourth-order valence-electron chi connectivity index (χ4n) is 3.21. The molecule has 0 fully saturated rings. The smallest absolute Gasteiger partial charge is 0.140 e. The zero-order chi connectivity index (χ0) is 20.7. The van der Waals surface area contributed by atoms with Gasteiger partial charge in [-0.1, -0.05) is 50.8 Å². The highest BCUT2D eigenvalue weighted by molar-refractivity contribution is 5.95. The molecule has 4 heteroatoms. The molecule has 0 saturated carbocycles. The van der Waals surface area contributed by atoms with Gasteiger partial charge in [0.05, 0.1) is 5.69 Å². The highest BCUT2D eigenvalue weighted by atomic mass is 14.9. The maximum atomic E-state index is 4.85. The number of aromatic amines is 2. The van der Waals surface area contributed by atoms with Crippen LogP contribution in [-0.4, -0.2) is 29.0 Å². The lowest BCUT2D eigenvalue weighted by Gasteiger charge is -2.04. The van der Waals surface area contributed by atoms with Crippen LogP contribution in [0.25, 0.3) is 28.4 Å². The molecule has 28 heavy (non-hydrogen) atoms. The fraction of sp³-hybridized carbons (Fsp3) is 0.292. The molecule has 0 aliphatic rings. The topological polar surface area (TPSA) is 56.5 Å². The van der Waals surface area contributed by atoms with Crippen LogP contribution in [0.5, 0.6) is 0 Å². The highest BCUT2D eigenvalue weighted by Crippen LogP contribution is 2.31. The van der Waals surface area contributed by atoms with Gasteiger partial charge in [0, 0.05) is 27.9 Å². The van der Waals surface area contributed by atoms with Crippen molar-refractivity contribution in [3.05, 3.63) is 71.7 Å². The molecule has 2 heterocycles. The van der Waals surface area contributed by atoms with Crippen molar-refractivity contribution < 1.29 is 0 Å². The first-order valence-corrected chi connectivity index (χ1v) is 9.71. The molecular weight excluding hydrogens is 344 g/mol. The normalized spacial score (nSPS) is 11.2. The molecular formula is C24H32N4. The summed E-state index contributed by atoms with van der Waals surface area (Å²) < 4.78 is 0. The van der Waals surface area contributed by atoms with E-state index in [0.29, 0.717) is 0 Å². The number of H-pyrrole nitrogens is 2. The molecule has 3 aromatic rings. The first-order chi connectivity index (χ1) is 13.5. The number of aryl methyl sites for hydroxylation is 2. The lowest BCUT2D eigenvalue weighted by atomic mass is 10.0. The Morgan fingerprint density at radius 3 is 2.46 bits per heavy atom. The van der Waals surface area contributed by atoms with Gasteiger partial charge in [0.2, 0.25) is 0 Å². The van der Waals surface area contributed by atoms with Crippen LogP contribution in [0.4, 0.5) is 0 Å². The highest BCUT2D eigenvalue weighted by Gasteiger charge is 2.15. The lowest BCUT2D eigenvalue weighted by Crippen LogP contribution is -1.89. The van der Waals surface area contributed by atoms with Crippen molar-refractivity contribution >= 4 is 17.0 Å². The van der Waals surface area contributed by atoms with E-state index in [1.54, 1.807) is 0 Å². The third-order valence-corrected chi connectivity index (χ3v) is 4.52. The van der Waals surface area contributed by atoms with Gasteiger partial charge in [-0.15, -0.1) is 0 Å². The maximum absolute atomic E-state index is 4.85. The number of para-hydroxylation sites is 1. The third kappa shape index (κ3) is 4.70. The van der Waals surface area contributed by atoms with Crippen molar-refractivity contribution in [2.45, 2.75) is 33.6 Å². The molecule has 148 valence electrons. The van der Waals surface area contributed by atoms with Crippen LogP contribution in [0.1, 0.15) is 36.8 Å². The van der Waals surface area contributed by atoms with Crippen molar-refractivity contribution in [3.63, 3.8) is 0 Å². The number of hydrogen-bond acceptors (Lipinski definition) is 2. The van der Waals surface area contributed by atoms with Crippen LogP contribution in [0.3, 0.4) is 0 Å². The molecule has 0 aliphatic heterocycles. The van der Waals surface area contributed by atoms with E-state index < -0.39 is 0 Å². The largest absolute Gasteiger partial charge is 0.358 e. The van der Waals surface area contributed by atoms with Crippen molar-refractivity contribution in [2.24, 2.45) is 0 Å². The van der Waals surface area contributed by atoms with Crippen LogP contribution >= 0.6 is 0 Å². The van der Waals surface area contributed by atoms with Crippen molar-refractivity contribution in [1.29, 1.82) is 0 Å². The van der Waals surface area contributed by atoms with Gasteiger partial charge in [-0.3, -0.25) is 0 Å². The Hall–Kier alpha value is -2.85. The van der Waals surface area contributed by atoms with Crippen molar-refractivity contribution in [2.75, 3.05) is 14.1 Å². The minimum atomic E-state index is 0.892. The summed E-state index contributed by atoms with van der Waals surface area (Å²) in [5.74, 6) is 0.892. The molecule has 0 bridgehead atoms. The first kappa shape index (κ1) is 21.5. The summed E-state index contributed by atoms with van der Waals surface area (Å²) in [5, 5.41) is 3.93. The second-order valence-electron chi connectivity index (χ2n) is 6.92. The summed E-state index contributed by atoms with van der Waals surface area (Å²) in [6.07, 6.45) is 5.98. The predicted octanol–water partition coefficient (Wildman–Crippen LogP) is 5.94. The molecule has 0 spiro atoms. The molecule has 0 amide bonds. The van der Waals surface area contributed by atoms with Gasteiger partial charge in [0.25, 0.3) is 0 Å². The van der Waals surface area contributed by atoms with Crippen LogP contribution in [0.15, 0.2) is 54.6 Å². The summed E-state index contributed by atoms with van der Waals surface area (Å²) in [6.45, 7) is 14.4. The maximum Gasteiger partial charge on any atom is 0.140 e. The fourth-order valence-corrected chi connectivity index (χ4v) is 3.21. The van der Waals surface area contributed by atoms with Gasteiger partial charge in [0.15, 0.2) is 0 Å². The molecule has 4 nitrogen and oxygen atoms in total. The van der Waals surface area contributed by atoms with Gasteiger partial charge in [0.1, 0.15) is 5.82 Å². The Kier molecular flexibility index (Phi) is 7.59. The van der Waals surface area contributed by atoms with E-state index in [4.69, 9.17) is 4.98 Å². The van der Waals surface area contributed by atoms with E-state index in [2.05, 4.69) is 73.5 Å². The number of fused-ring (bicyclic) bond motifs is 1. The second-order valence-corrected chi connectivity index (χ2v) is 6.92. The SMILES string of the molecule is C=C/C(=C\c1nc(-c2c(C)[nH]c3ccccc23)[nH]c1C)C(=C)CCC.CNC. The molecule has 0 radical (unpaired) electrons. The van der Waals surface area contributed by atoms with E-state index in [1.165, 1.54) is 5.39 Å². The molecule has 3 rings (SSSR count). The lowest BCUT2D eigenvalue weighted by molar-refractivity contribution is 0.923. The van der Waals surface area contributed by atoms with E-state index in [9.17, 15) is 0 Å². The zero-order valence-electron chi connectivity index (χ0n) is 17.7. The monoisotopic (exact) mass is 376 g/mol. The predicted molar refractivity (Wildman–Crippen MR) is 123 cm³/mol. The number of nitrogens with zero attached hydrogens (tertiary/aromatic N) is 1. The van der Waals surface area contributed by atoms with Crippen LogP contribution in [0, 0.1) is 13.8 Å². The second kappa shape index (κ2) is 9.90. The van der Waals surface area contributed by atoms with Gasteiger partial charge in [-0.2, -0.15) is 0 Å². The van der Waals surface area contributed by atoms with Gasteiger partial charge in [-0.05, 0) is 57.7 Å². The molecule has 0 saturated heterocycles. The van der Waals surface area contributed by atoms with E-state index in [1.807, 2.05) is 26.2 Å². The van der Waals surface area contributed by atoms with E-state index >= 15 is 0 Å². The molecule has 0 atom stereocenters. The Bertz CT molecular complexity index is 985. The van der Waals surface area contributed by atoms with Gasteiger partial charge >= 0.3 is 0 Å². The van der Waals surface area contributed by atoms with E-state index in [-0.39, 0.29) is 0 Å². The summed E-state index contributed by atoms with van der Waals surface area (Å²) in [7, 11) is 3.75. The van der Waals surface area contributed by atoms with Crippen molar-refractivity contribution in [1.82, 2.24) is 20.3 Å². The minimum absolute atomic E-state index is 0.892. The summed E-state index contributed by atoms with van der Waals surface area (Å²) in [4.78, 5) is 11.7. The quantitative estimate of drug-likeness (QED) is 0.467. The Balaban J connectivity index is 0.000000878. The molecule has 3 N–H and O–H groups in total. The first-order valence-electron chi connectivity index (χ1n) is 9.71. The summed E-state index contributed by atoms with van der Waals surface area (Å²) >= 11 is 0. The molecule has 1 aromatic carbocycles. The molecule has 0 unspecified atom stereocenters. The van der Waals surface area contributed by atoms with Gasteiger partial charge < -0.3 is 15.3 Å². The summed E-state index contributed by atoms with van der Waals surface area (Å²) in [5.41, 5.74) is 7.51. The number of imidazole rings is 1. The third-order valence-electron chi connectivity index (χ3n) is 4.52. The Labute approximate surface area is 168 Å². The number of allylic oxidation sites excluding steroid dienone is 3. The van der Waals surface area contributed by atoms with Crippen LogP contribution < -0.4 is 5.32 Å². The number of hydrogen-bond donors (Lipinski definition) is 3. The number of aromatic nitrogens is 3. The van der Waals surface area contributed by atoms with E-state index in [0.717, 1.165) is 58.0 Å². The average molecular weight is 377 g/mol. The van der Waals surface area contributed by atoms with Gasteiger partial charge in [-0.25, -0.2) is 4.98 Å². The molecule has 2 aromatic heterocycles. The Morgan fingerprint density at radius 2 is 1.82 bits per heavy atom. The minimum Gasteiger partial charge on any atom is -0.358 e. The standard InChI is InChI=1S/C22H25N3.C2H7N/c1-6-10-14(3)17(7-2)13-20-15(4)24-22(25-20)21-16(5)23-19-12-9-8-11-18(19)21;1-3-2/h7-9,11-13,23H,2-3,6,10H2,1,4-5H3,(H,24,25);3H,1-2H3/b17-13+;. The van der Waals surface area contributed by atoms with Crippen LogP contribution in [-0.2, 0) is 0 Å². The summed E-state index contributed by atoms with van der Waals surface area (Å²) in [6, 6.07) is 8.31. The number of rotatable bonds is 6. The Morgan fingerprint density at radius 1 is 1.14 bits per heavy atom. The number of benzene rings is 1. The zero-order valence-corrected chi connectivity index (χ0v) is 17.7.